The van der Waals surface area contributed by atoms with Crippen molar-refractivity contribution in [3.63, 3.8) is 0 Å². The smallest absolute Gasteiger partial charge is 0.321 e. The molecule has 5 rings (SSSR count). The highest BCUT2D eigenvalue weighted by molar-refractivity contribution is 5.90. The fraction of sp³-hybridized carbons (Fsp3) is 0.462. The molecule has 0 saturated carbocycles. The van der Waals surface area contributed by atoms with Gasteiger partial charge in [0.2, 0.25) is 5.91 Å². The number of amides is 3. The molecule has 7 heteroatoms. The molecule has 2 aromatic rings. The molecule has 174 valence electrons. The quantitative estimate of drug-likeness (QED) is 0.755. The van der Waals surface area contributed by atoms with Crippen molar-refractivity contribution >= 4 is 17.6 Å². The summed E-state index contributed by atoms with van der Waals surface area (Å²) >= 11 is 0. The summed E-state index contributed by atoms with van der Waals surface area (Å²) in [4.78, 5) is 30.2. The minimum absolute atomic E-state index is 0.0461. The van der Waals surface area contributed by atoms with Crippen LogP contribution in [0.15, 0.2) is 42.5 Å². The van der Waals surface area contributed by atoms with Crippen LogP contribution < -0.4 is 14.8 Å². The highest BCUT2D eigenvalue weighted by Crippen LogP contribution is 2.39. The highest BCUT2D eigenvalue weighted by Gasteiger charge is 2.37. The molecule has 2 atom stereocenters. The molecule has 0 unspecified atom stereocenters. The molecule has 3 aliphatic heterocycles. The fourth-order valence-electron chi connectivity index (χ4n) is 5.17. The molecule has 0 aromatic heterocycles. The number of urea groups is 1. The van der Waals surface area contributed by atoms with Crippen LogP contribution in [-0.2, 0) is 4.79 Å². The molecule has 2 aromatic carbocycles. The molecule has 33 heavy (non-hydrogen) atoms. The van der Waals surface area contributed by atoms with Crippen molar-refractivity contribution in [3.05, 3.63) is 53.6 Å². The number of fused-ring (bicyclic) bond motifs is 1. The SMILES string of the molecule is Cc1cccc(NC(=O)N2CCC[C@@H](C(=O)N3CCC[C@H]3c3ccc4c(c3)OCCO4)C2)c1. The first-order chi connectivity index (χ1) is 16.1. The lowest BCUT2D eigenvalue weighted by molar-refractivity contribution is -0.137. The lowest BCUT2D eigenvalue weighted by atomic mass is 9.95. The third-order valence-electron chi connectivity index (χ3n) is 6.81. The average molecular weight is 450 g/mol. The number of likely N-dealkylation sites (tertiary alicyclic amines) is 2. The number of rotatable bonds is 3. The summed E-state index contributed by atoms with van der Waals surface area (Å²) in [7, 11) is 0. The molecular formula is C26H31N3O4. The van der Waals surface area contributed by atoms with Gasteiger partial charge < -0.3 is 24.6 Å². The van der Waals surface area contributed by atoms with Gasteiger partial charge in [-0.05, 0) is 68.0 Å². The van der Waals surface area contributed by atoms with E-state index in [0.717, 1.165) is 60.5 Å². The van der Waals surface area contributed by atoms with Crippen molar-refractivity contribution in [2.24, 2.45) is 5.92 Å². The van der Waals surface area contributed by atoms with Crippen LogP contribution in [0.1, 0.15) is 42.9 Å². The number of hydrogen-bond donors (Lipinski definition) is 1. The Morgan fingerprint density at radius 2 is 1.79 bits per heavy atom. The Morgan fingerprint density at radius 1 is 0.970 bits per heavy atom. The van der Waals surface area contributed by atoms with Crippen LogP contribution in [0.2, 0.25) is 0 Å². The number of piperidine rings is 1. The standard InChI is InChI=1S/C26H31N3O4/c1-18-5-2-7-21(15-18)27-26(31)28-11-3-6-20(17-28)25(30)29-12-4-8-22(29)19-9-10-23-24(16-19)33-14-13-32-23/h2,5,7,9-10,15-16,20,22H,3-4,6,8,11-14,17H2,1H3,(H,27,31)/t20-,22+/m1/s1. The number of nitrogens with zero attached hydrogens (tertiary/aromatic N) is 2. The first kappa shape index (κ1) is 21.6. The van der Waals surface area contributed by atoms with Crippen molar-refractivity contribution < 1.29 is 19.1 Å². The van der Waals surface area contributed by atoms with E-state index in [1.54, 1.807) is 4.90 Å². The third-order valence-corrected chi connectivity index (χ3v) is 6.81. The average Bonchev–Trinajstić information content (AvgIpc) is 3.33. The van der Waals surface area contributed by atoms with Gasteiger partial charge in [0.05, 0.1) is 12.0 Å². The summed E-state index contributed by atoms with van der Waals surface area (Å²) in [5.74, 6) is 1.51. The van der Waals surface area contributed by atoms with E-state index in [0.29, 0.717) is 26.3 Å². The number of nitrogens with one attached hydrogen (secondary N) is 1. The Bertz CT molecular complexity index is 1040. The summed E-state index contributed by atoms with van der Waals surface area (Å²) in [6.45, 7) is 5.00. The Balaban J connectivity index is 1.26. The largest absolute Gasteiger partial charge is 0.486 e. The summed E-state index contributed by atoms with van der Waals surface area (Å²) in [6.07, 6.45) is 3.57. The van der Waals surface area contributed by atoms with Gasteiger partial charge in [-0.15, -0.1) is 0 Å². The van der Waals surface area contributed by atoms with Crippen LogP contribution in [0.3, 0.4) is 0 Å². The fourth-order valence-corrected chi connectivity index (χ4v) is 5.17. The maximum atomic E-state index is 13.6. The van der Waals surface area contributed by atoms with Crippen LogP contribution in [0, 0.1) is 12.8 Å². The number of ether oxygens (including phenoxy) is 2. The van der Waals surface area contributed by atoms with Gasteiger partial charge in [-0.3, -0.25) is 4.79 Å². The van der Waals surface area contributed by atoms with E-state index in [1.165, 1.54) is 0 Å². The maximum Gasteiger partial charge on any atom is 0.321 e. The van der Waals surface area contributed by atoms with Crippen molar-refractivity contribution in [2.75, 3.05) is 38.2 Å². The summed E-state index contributed by atoms with van der Waals surface area (Å²) < 4.78 is 11.4. The topological polar surface area (TPSA) is 71.1 Å². The van der Waals surface area contributed by atoms with Crippen molar-refractivity contribution in [3.8, 4) is 11.5 Å². The number of carbonyl (C=O) groups excluding carboxylic acids is 2. The third kappa shape index (κ3) is 4.63. The van der Waals surface area contributed by atoms with E-state index in [1.807, 2.05) is 54.3 Å². The van der Waals surface area contributed by atoms with Crippen molar-refractivity contribution in [1.29, 1.82) is 0 Å². The van der Waals surface area contributed by atoms with Crippen molar-refractivity contribution in [2.45, 2.75) is 38.6 Å². The zero-order chi connectivity index (χ0) is 22.8. The number of aryl methyl sites for hydroxylation is 1. The Morgan fingerprint density at radius 3 is 2.64 bits per heavy atom. The second-order valence-corrected chi connectivity index (χ2v) is 9.18. The molecular weight excluding hydrogens is 418 g/mol. The lowest BCUT2D eigenvalue weighted by Gasteiger charge is -2.36. The van der Waals surface area contributed by atoms with Gasteiger partial charge in [-0.1, -0.05) is 18.2 Å². The highest BCUT2D eigenvalue weighted by atomic mass is 16.6. The van der Waals surface area contributed by atoms with Crippen LogP contribution in [0.25, 0.3) is 0 Å². The van der Waals surface area contributed by atoms with Gasteiger partial charge in [-0.25, -0.2) is 4.79 Å². The predicted octanol–water partition coefficient (Wildman–Crippen LogP) is 4.37. The molecule has 3 aliphatic rings. The second kappa shape index (κ2) is 9.33. The number of carbonyl (C=O) groups is 2. The predicted molar refractivity (Wildman–Crippen MR) is 126 cm³/mol. The van der Waals surface area contributed by atoms with Crippen molar-refractivity contribution in [1.82, 2.24) is 9.80 Å². The molecule has 0 bridgehead atoms. The molecule has 2 fully saturated rings. The van der Waals surface area contributed by atoms with Gasteiger partial charge in [0.15, 0.2) is 11.5 Å². The van der Waals surface area contributed by atoms with Gasteiger partial charge in [0, 0.05) is 25.3 Å². The van der Waals surface area contributed by atoms with Gasteiger partial charge in [0.25, 0.3) is 0 Å². The van der Waals surface area contributed by atoms with E-state index in [2.05, 4.69) is 5.32 Å². The van der Waals surface area contributed by atoms with Crippen LogP contribution in [0.4, 0.5) is 10.5 Å². The molecule has 2 saturated heterocycles. The number of benzene rings is 2. The first-order valence-corrected chi connectivity index (χ1v) is 11.9. The maximum absolute atomic E-state index is 13.6. The Kier molecular flexibility index (Phi) is 6.11. The van der Waals surface area contributed by atoms with E-state index in [4.69, 9.17) is 9.47 Å². The van der Waals surface area contributed by atoms with Crippen LogP contribution >= 0.6 is 0 Å². The summed E-state index contributed by atoms with van der Waals surface area (Å²) in [5.41, 5.74) is 2.97. The van der Waals surface area contributed by atoms with E-state index < -0.39 is 0 Å². The molecule has 0 radical (unpaired) electrons. The minimum Gasteiger partial charge on any atom is -0.486 e. The van der Waals surface area contributed by atoms with Gasteiger partial charge in [-0.2, -0.15) is 0 Å². The molecule has 3 amide bonds. The Hall–Kier alpha value is -3.22. The summed E-state index contributed by atoms with van der Waals surface area (Å²) in [6, 6.07) is 13.7. The van der Waals surface area contributed by atoms with E-state index in [-0.39, 0.29) is 23.9 Å². The first-order valence-electron chi connectivity index (χ1n) is 11.9. The number of hydrogen-bond acceptors (Lipinski definition) is 4. The lowest BCUT2D eigenvalue weighted by Crippen LogP contribution is -2.47. The zero-order valence-corrected chi connectivity index (χ0v) is 19.1. The van der Waals surface area contributed by atoms with Gasteiger partial charge >= 0.3 is 6.03 Å². The van der Waals surface area contributed by atoms with Crippen LogP contribution in [0.5, 0.6) is 11.5 Å². The molecule has 0 spiro atoms. The monoisotopic (exact) mass is 449 g/mol. The number of anilines is 1. The second-order valence-electron chi connectivity index (χ2n) is 9.18. The molecule has 0 aliphatic carbocycles. The molecule has 3 heterocycles. The molecule has 7 nitrogen and oxygen atoms in total. The Labute approximate surface area is 194 Å². The van der Waals surface area contributed by atoms with E-state index >= 15 is 0 Å². The van der Waals surface area contributed by atoms with Crippen LogP contribution in [-0.4, -0.2) is 54.6 Å². The van der Waals surface area contributed by atoms with E-state index in [9.17, 15) is 9.59 Å². The summed E-state index contributed by atoms with van der Waals surface area (Å²) in [5, 5.41) is 2.98. The zero-order valence-electron chi connectivity index (χ0n) is 19.1. The normalized spacial score (nSPS) is 22.2. The molecule has 1 N–H and O–H groups in total. The minimum atomic E-state index is -0.167. The van der Waals surface area contributed by atoms with Gasteiger partial charge in [0.1, 0.15) is 13.2 Å².